The van der Waals surface area contributed by atoms with Crippen LogP contribution in [0, 0.1) is 20.8 Å². The lowest BCUT2D eigenvalue weighted by Crippen LogP contribution is -2.26. The quantitative estimate of drug-likeness (QED) is 0.714. The number of nitrogens with one attached hydrogen (secondary N) is 2. The molecule has 1 aromatic carbocycles. The fourth-order valence-electron chi connectivity index (χ4n) is 2.96. The highest BCUT2D eigenvalue weighted by molar-refractivity contribution is 5.94. The lowest BCUT2D eigenvalue weighted by atomic mass is 10.0. The summed E-state index contributed by atoms with van der Waals surface area (Å²) in [7, 11) is 0. The maximum absolute atomic E-state index is 12.1. The van der Waals surface area contributed by atoms with Crippen molar-refractivity contribution >= 4 is 17.5 Å². The van der Waals surface area contributed by atoms with Crippen LogP contribution < -0.4 is 10.6 Å². The zero-order valence-electron chi connectivity index (χ0n) is 15.8. The van der Waals surface area contributed by atoms with Crippen LogP contribution in [0.25, 0.3) is 0 Å². The van der Waals surface area contributed by atoms with Gasteiger partial charge in [0.05, 0.1) is 0 Å². The Labute approximate surface area is 155 Å². The predicted molar refractivity (Wildman–Crippen MR) is 104 cm³/mol. The number of amides is 2. The summed E-state index contributed by atoms with van der Waals surface area (Å²) in [5, 5.41) is 5.79. The largest absolute Gasteiger partial charge is 0.356 e. The topological polar surface area (TPSA) is 71.1 Å². The molecular formula is C21H27N3O2. The molecule has 26 heavy (non-hydrogen) atoms. The molecule has 5 heteroatoms. The number of benzene rings is 1. The van der Waals surface area contributed by atoms with E-state index in [-0.39, 0.29) is 24.7 Å². The molecule has 2 aromatic rings. The van der Waals surface area contributed by atoms with Crippen molar-refractivity contribution in [2.45, 2.75) is 46.5 Å². The second kappa shape index (κ2) is 9.70. The van der Waals surface area contributed by atoms with Gasteiger partial charge in [0.25, 0.3) is 0 Å². The average Bonchev–Trinajstić information content (AvgIpc) is 2.61. The molecule has 0 aliphatic carbocycles. The van der Waals surface area contributed by atoms with Crippen molar-refractivity contribution in [3.63, 3.8) is 0 Å². The van der Waals surface area contributed by atoms with Crippen molar-refractivity contribution in [1.82, 2.24) is 10.3 Å². The van der Waals surface area contributed by atoms with Crippen LogP contribution in [-0.4, -0.2) is 23.3 Å². The zero-order chi connectivity index (χ0) is 18.9. The average molecular weight is 353 g/mol. The van der Waals surface area contributed by atoms with E-state index in [9.17, 15) is 9.59 Å². The van der Waals surface area contributed by atoms with E-state index in [1.807, 2.05) is 45.0 Å². The van der Waals surface area contributed by atoms with E-state index in [1.165, 1.54) is 11.1 Å². The number of hydrogen-bond donors (Lipinski definition) is 2. The van der Waals surface area contributed by atoms with Crippen LogP contribution in [0.5, 0.6) is 0 Å². The first kappa shape index (κ1) is 19.6. The summed E-state index contributed by atoms with van der Waals surface area (Å²) in [6.07, 6.45) is 5.68. The molecule has 0 saturated heterocycles. The van der Waals surface area contributed by atoms with Crippen molar-refractivity contribution in [1.29, 1.82) is 0 Å². The van der Waals surface area contributed by atoms with Gasteiger partial charge in [0, 0.05) is 37.5 Å². The summed E-state index contributed by atoms with van der Waals surface area (Å²) < 4.78 is 0. The number of hydrogen-bond acceptors (Lipinski definition) is 3. The maximum atomic E-state index is 12.1. The second-order valence-electron chi connectivity index (χ2n) is 6.63. The van der Waals surface area contributed by atoms with E-state index in [2.05, 4.69) is 15.6 Å². The first-order valence-electron chi connectivity index (χ1n) is 8.99. The summed E-state index contributed by atoms with van der Waals surface area (Å²) in [6, 6.07) is 8.03. The molecule has 2 amide bonds. The van der Waals surface area contributed by atoms with Crippen molar-refractivity contribution in [2.24, 2.45) is 0 Å². The first-order chi connectivity index (χ1) is 12.5. The Kier molecular flexibility index (Phi) is 7.33. The Hall–Kier alpha value is -2.69. The number of aromatic nitrogens is 1. The molecule has 0 fully saturated rings. The second-order valence-corrected chi connectivity index (χ2v) is 6.63. The molecule has 0 radical (unpaired) electrons. The molecule has 5 nitrogen and oxygen atoms in total. The van der Waals surface area contributed by atoms with E-state index in [4.69, 9.17) is 0 Å². The summed E-state index contributed by atoms with van der Waals surface area (Å²) in [5.74, 6) is -0.223. The third-order valence-electron chi connectivity index (χ3n) is 4.23. The van der Waals surface area contributed by atoms with Crippen LogP contribution in [-0.2, 0) is 16.0 Å². The van der Waals surface area contributed by atoms with Gasteiger partial charge in [-0.15, -0.1) is 0 Å². The summed E-state index contributed by atoms with van der Waals surface area (Å²) in [5.41, 5.74) is 5.30. The van der Waals surface area contributed by atoms with Gasteiger partial charge in [-0.05, 0) is 62.4 Å². The third-order valence-corrected chi connectivity index (χ3v) is 4.23. The molecule has 0 aliphatic rings. The van der Waals surface area contributed by atoms with Crippen LogP contribution >= 0.6 is 0 Å². The number of carbonyl (C=O) groups is 2. The van der Waals surface area contributed by atoms with Gasteiger partial charge < -0.3 is 10.6 Å². The fourth-order valence-corrected chi connectivity index (χ4v) is 2.96. The summed E-state index contributed by atoms with van der Waals surface area (Å²) in [4.78, 5) is 28.0. The van der Waals surface area contributed by atoms with Crippen LogP contribution in [0.4, 0.5) is 5.69 Å². The number of pyridine rings is 1. The van der Waals surface area contributed by atoms with E-state index in [1.54, 1.807) is 12.4 Å². The third kappa shape index (κ3) is 6.31. The van der Waals surface area contributed by atoms with Crippen molar-refractivity contribution < 1.29 is 9.59 Å². The Morgan fingerprint density at radius 2 is 1.58 bits per heavy atom. The van der Waals surface area contributed by atoms with E-state index in [0.717, 1.165) is 29.7 Å². The number of nitrogens with zero attached hydrogens (tertiary/aromatic N) is 1. The highest BCUT2D eigenvalue weighted by Gasteiger charge is 2.10. The smallest absolute Gasteiger partial charge is 0.224 e. The van der Waals surface area contributed by atoms with Gasteiger partial charge in [-0.3, -0.25) is 14.6 Å². The van der Waals surface area contributed by atoms with Gasteiger partial charge in [-0.1, -0.05) is 17.7 Å². The van der Waals surface area contributed by atoms with E-state index < -0.39 is 0 Å². The summed E-state index contributed by atoms with van der Waals surface area (Å²) >= 11 is 0. The summed E-state index contributed by atoms with van der Waals surface area (Å²) in [6.45, 7) is 6.60. The molecule has 138 valence electrons. The number of carbonyl (C=O) groups excluding carboxylic acids is 2. The lowest BCUT2D eigenvalue weighted by molar-refractivity contribution is -0.124. The van der Waals surface area contributed by atoms with Crippen molar-refractivity contribution in [2.75, 3.05) is 11.9 Å². The van der Waals surface area contributed by atoms with Crippen LogP contribution in [0.15, 0.2) is 36.7 Å². The van der Waals surface area contributed by atoms with Crippen LogP contribution in [0.2, 0.25) is 0 Å². The van der Waals surface area contributed by atoms with Gasteiger partial charge in [0.15, 0.2) is 0 Å². The molecule has 0 atom stereocenters. The minimum Gasteiger partial charge on any atom is -0.356 e. The number of rotatable bonds is 8. The molecule has 0 spiro atoms. The maximum Gasteiger partial charge on any atom is 0.224 e. The lowest BCUT2D eigenvalue weighted by Gasteiger charge is -2.13. The molecule has 2 N–H and O–H groups in total. The minimum atomic E-state index is -0.132. The van der Waals surface area contributed by atoms with Gasteiger partial charge in [-0.2, -0.15) is 0 Å². The van der Waals surface area contributed by atoms with Gasteiger partial charge in [0.2, 0.25) is 11.8 Å². The molecule has 1 heterocycles. The molecule has 0 aliphatic heterocycles. The SMILES string of the molecule is Cc1cc(C)c(NC(=O)CCC(=O)NCCCc2ccncc2)c(C)c1. The first-order valence-corrected chi connectivity index (χ1v) is 8.99. The van der Waals surface area contributed by atoms with Gasteiger partial charge in [-0.25, -0.2) is 0 Å². The Bertz CT molecular complexity index is 734. The minimum absolute atomic E-state index is 0.0905. The molecule has 2 rings (SSSR count). The van der Waals surface area contributed by atoms with E-state index >= 15 is 0 Å². The van der Waals surface area contributed by atoms with Crippen LogP contribution in [0.1, 0.15) is 41.5 Å². The monoisotopic (exact) mass is 353 g/mol. The van der Waals surface area contributed by atoms with Crippen molar-refractivity contribution in [3.05, 3.63) is 58.9 Å². The molecule has 0 saturated carbocycles. The Balaban J connectivity index is 1.68. The van der Waals surface area contributed by atoms with E-state index in [0.29, 0.717) is 6.54 Å². The van der Waals surface area contributed by atoms with Gasteiger partial charge >= 0.3 is 0 Å². The number of aryl methyl sites for hydroxylation is 4. The Morgan fingerprint density at radius 3 is 2.23 bits per heavy atom. The molecule has 0 unspecified atom stereocenters. The molecule has 1 aromatic heterocycles. The fraction of sp³-hybridized carbons (Fsp3) is 0.381. The zero-order valence-corrected chi connectivity index (χ0v) is 15.8. The highest BCUT2D eigenvalue weighted by Crippen LogP contribution is 2.22. The Morgan fingerprint density at radius 1 is 0.962 bits per heavy atom. The van der Waals surface area contributed by atoms with Crippen molar-refractivity contribution in [3.8, 4) is 0 Å². The molecule has 0 bridgehead atoms. The normalized spacial score (nSPS) is 10.4. The number of anilines is 1. The standard InChI is InChI=1S/C21H27N3O2/c1-15-13-16(2)21(17(3)14-15)24-20(26)7-6-19(25)23-10-4-5-18-8-11-22-12-9-18/h8-9,11-14H,4-7,10H2,1-3H3,(H,23,25)(H,24,26). The predicted octanol–water partition coefficient (Wildman–Crippen LogP) is 3.47. The highest BCUT2D eigenvalue weighted by atomic mass is 16.2. The van der Waals surface area contributed by atoms with Crippen LogP contribution in [0.3, 0.4) is 0 Å². The molecular weight excluding hydrogens is 326 g/mol. The van der Waals surface area contributed by atoms with Gasteiger partial charge in [0.1, 0.15) is 0 Å².